The molecule has 0 amide bonds. The van der Waals surface area contributed by atoms with Crippen molar-refractivity contribution in [1.29, 1.82) is 0 Å². The summed E-state index contributed by atoms with van der Waals surface area (Å²) in [6, 6.07) is 0. The smallest absolute Gasteiger partial charge is 0.0589 e. The minimum Gasteiger partial charge on any atom is -0.388 e. The number of hydrogen-bond donors (Lipinski definition) is 0. The highest BCUT2D eigenvalue weighted by Gasteiger charge is 2.15. The fourth-order valence-electron chi connectivity index (χ4n) is 0.564. The molecular formula is C10H25NO2. The molecule has 0 aliphatic heterocycles. The number of likely N-dealkylation sites (N-methyl/N-ethyl adjacent to an activating group) is 1. The normalized spacial score (nSPS) is 11.1. The van der Waals surface area contributed by atoms with E-state index in [0.717, 1.165) is 13.2 Å². The lowest BCUT2D eigenvalue weighted by molar-refractivity contribution is 0.110. The number of nitrogens with zero attached hydrogens (tertiary/aromatic N) is 1. The first kappa shape index (κ1) is 15.4. The molecule has 0 aromatic heterocycles. The molecule has 3 nitrogen and oxygen atoms in total. The summed E-state index contributed by atoms with van der Waals surface area (Å²) in [5.74, 6) is 0. The van der Waals surface area contributed by atoms with Crippen LogP contribution in [0.2, 0.25) is 0 Å². The van der Waals surface area contributed by atoms with Gasteiger partial charge in [0.2, 0.25) is 0 Å². The van der Waals surface area contributed by atoms with Crippen LogP contribution in [0.3, 0.4) is 0 Å². The van der Waals surface area contributed by atoms with Crippen LogP contribution in [0.1, 0.15) is 20.8 Å². The molecular weight excluding hydrogens is 166 g/mol. The fraction of sp³-hybridized carbons (Fsp3) is 1.00. The van der Waals surface area contributed by atoms with Crippen LogP contribution < -0.4 is 0 Å². The lowest BCUT2D eigenvalue weighted by Gasteiger charge is -2.31. The molecule has 0 spiro atoms. The molecule has 0 aromatic carbocycles. The fourth-order valence-corrected chi connectivity index (χ4v) is 0.564. The van der Waals surface area contributed by atoms with E-state index in [2.05, 4.69) is 37.5 Å². The van der Waals surface area contributed by atoms with E-state index in [4.69, 9.17) is 4.74 Å². The molecule has 0 aliphatic rings. The van der Waals surface area contributed by atoms with Gasteiger partial charge in [0, 0.05) is 33.4 Å². The third kappa shape index (κ3) is 11.9. The van der Waals surface area contributed by atoms with Gasteiger partial charge in [0.05, 0.1) is 6.61 Å². The highest BCUT2D eigenvalue weighted by atomic mass is 16.5. The van der Waals surface area contributed by atoms with Gasteiger partial charge in [0.15, 0.2) is 0 Å². The summed E-state index contributed by atoms with van der Waals surface area (Å²) >= 11 is 0. The Morgan fingerprint density at radius 1 is 1.08 bits per heavy atom. The molecule has 0 radical (unpaired) electrons. The number of rotatable bonds is 3. The molecule has 0 atom stereocenters. The highest BCUT2D eigenvalue weighted by Crippen LogP contribution is 2.08. The van der Waals surface area contributed by atoms with Crippen molar-refractivity contribution in [2.45, 2.75) is 26.3 Å². The first-order chi connectivity index (χ1) is 5.90. The van der Waals surface area contributed by atoms with E-state index in [1.54, 1.807) is 21.3 Å². The topological polar surface area (TPSA) is 21.7 Å². The van der Waals surface area contributed by atoms with Crippen LogP contribution in [-0.4, -0.2) is 52.0 Å². The van der Waals surface area contributed by atoms with E-state index in [1.807, 2.05) is 0 Å². The van der Waals surface area contributed by atoms with Crippen molar-refractivity contribution < 1.29 is 9.47 Å². The summed E-state index contributed by atoms with van der Waals surface area (Å²) < 4.78 is 9.22. The number of methoxy groups -OCH3 is 2. The van der Waals surface area contributed by atoms with Crippen LogP contribution in [0, 0.1) is 0 Å². The van der Waals surface area contributed by atoms with Gasteiger partial charge in [-0.05, 0) is 27.8 Å². The molecule has 0 aliphatic carbocycles. The summed E-state index contributed by atoms with van der Waals surface area (Å²) in [4.78, 5) is 2.27. The van der Waals surface area contributed by atoms with Gasteiger partial charge < -0.3 is 9.47 Å². The van der Waals surface area contributed by atoms with Crippen LogP contribution in [0.15, 0.2) is 0 Å². The Hall–Kier alpha value is -0.120. The molecule has 0 rings (SSSR count). The van der Waals surface area contributed by atoms with Crippen molar-refractivity contribution in [3.05, 3.63) is 0 Å². The Morgan fingerprint density at radius 2 is 1.46 bits per heavy atom. The predicted octanol–water partition coefficient (Wildman–Crippen LogP) is 1.63. The maximum Gasteiger partial charge on any atom is 0.0589 e. The summed E-state index contributed by atoms with van der Waals surface area (Å²) in [6.45, 7) is 8.40. The molecule has 0 saturated carbocycles. The second-order valence-electron chi connectivity index (χ2n) is 3.99. The molecule has 82 valence electrons. The third-order valence-electron chi connectivity index (χ3n) is 1.78. The van der Waals surface area contributed by atoms with Gasteiger partial charge in [0.25, 0.3) is 0 Å². The Bertz CT molecular complexity index is 99.6. The minimum absolute atomic E-state index is 0.262. The van der Waals surface area contributed by atoms with Gasteiger partial charge in [-0.3, -0.25) is 4.90 Å². The molecule has 0 N–H and O–H groups in total. The second kappa shape index (κ2) is 8.48. The maximum absolute atomic E-state index is 4.97. The third-order valence-corrected chi connectivity index (χ3v) is 1.78. The van der Waals surface area contributed by atoms with Crippen LogP contribution in [0.25, 0.3) is 0 Å². The van der Waals surface area contributed by atoms with Crippen molar-refractivity contribution in [3.8, 4) is 0 Å². The van der Waals surface area contributed by atoms with Crippen LogP contribution in [0.4, 0.5) is 0 Å². The van der Waals surface area contributed by atoms with E-state index in [1.165, 1.54) is 0 Å². The molecule has 3 heteroatoms. The predicted molar refractivity (Wildman–Crippen MR) is 57.2 cm³/mol. The average molecular weight is 191 g/mol. The zero-order valence-corrected chi connectivity index (χ0v) is 10.2. The SMILES string of the molecule is COC.COCCN(C)C(C)(C)C. The van der Waals surface area contributed by atoms with Crippen molar-refractivity contribution in [1.82, 2.24) is 4.90 Å². The van der Waals surface area contributed by atoms with Crippen molar-refractivity contribution in [2.75, 3.05) is 41.5 Å². The Kier molecular flexibility index (Phi) is 10.0. The number of ether oxygens (including phenoxy) is 2. The second-order valence-corrected chi connectivity index (χ2v) is 3.99. The van der Waals surface area contributed by atoms with Gasteiger partial charge in [-0.2, -0.15) is 0 Å². The lowest BCUT2D eigenvalue weighted by atomic mass is 10.1. The molecule has 0 aromatic rings. The average Bonchev–Trinajstić information content (AvgIpc) is 1.99. The summed E-state index contributed by atoms with van der Waals surface area (Å²) in [6.07, 6.45) is 0. The van der Waals surface area contributed by atoms with Crippen LogP contribution >= 0.6 is 0 Å². The van der Waals surface area contributed by atoms with Crippen molar-refractivity contribution >= 4 is 0 Å². The monoisotopic (exact) mass is 191 g/mol. The quantitative estimate of drug-likeness (QED) is 0.676. The van der Waals surface area contributed by atoms with E-state index in [0.29, 0.717) is 0 Å². The Morgan fingerprint density at radius 3 is 1.69 bits per heavy atom. The van der Waals surface area contributed by atoms with E-state index < -0.39 is 0 Å². The largest absolute Gasteiger partial charge is 0.388 e. The van der Waals surface area contributed by atoms with Crippen molar-refractivity contribution in [3.63, 3.8) is 0 Å². The molecule has 0 saturated heterocycles. The van der Waals surface area contributed by atoms with Crippen LogP contribution in [-0.2, 0) is 9.47 Å². The summed E-state index contributed by atoms with van der Waals surface area (Å²) in [5, 5.41) is 0. The summed E-state index contributed by atoms with van der Waals surface area (Å²) in [5.41, 5.74) is 0.262. The van der Waals surface area contributed by atoms with E-state index in [9.17, 15) is 0 Å². The number of hydrogen-bond acceptors (Lipinski definition) is 3. The molecule has 0 bridgehead atoms. The Balaban J connectivity index is 0. The van der Waals surface area contributed by atoms with Crippen molar-refractivity contribution in [2.24, 2.45) is 0 Å². The van der Waals surface area contributed by atoms with Gasteiger partial charge in [-0.15, -0.1) is 0 Å². The standard InChI is InChI=1S/C8H19NO.C2H6O/c1-8(2,3)9(4)6-7-10-5;1-3-2/h6-7H2,1-5H3;1-2H3. The summed E-state index contributed by atoms with van der Waals surface area (Å²) in [7, 11) is 7.09. The van der Waals surface area contributed by atoms with Gasteiger partial charge in [0.1, 0.15) is 0 Å². The molecule has 0 unspecified atom stereocenters. The first-order valence-corrected chi connectivity index (χ1v) is 4.50. The molecule has 13 heavy (non-hydrogen) atoms. The molecule has 0 heterocycles. The van der Waals surface area contributed by atoms with E-state index >= 15 is 0 Å². The van der Waals surface area contributed by atoms with Gasteiger partial charge >= 0.3 is 0 Å². The maximum atomic E-state index is 4.97. The molecule has 0 fully saturated rings. The Labute approximate surface area is 83.0 Å². The lowest BCUT2D eigenvalue weighted by Crippen LogP contribution is -2.39. The first-order valence-electron chi connectivity index (χ1n) is 4.50. The zero-order valence-electron chi connectivity index (χ0n) is 10.2. The minimum atomic E-state index is 0.262. The zero-order chi connectivity index (χ0) is 10.9. The highest BCUT2D eigenvalue weighted by molar-refractivity contribution is 4.71. The van der Waals surface area contributed by atoms with Gasteiger partial charge in [-0.25, -0.2) is 0 Å². The van der Waals surface area contributed by atoms with Gasteiger partial charge in [-0.1, -0.05) is 0 Å². The van der Waals surface area contributed by atoms with Crippen LogP contribution in [0.5, 0.6) is 0 Å². The van der Waals surface area contributed by atoms with E-state index in [-0.39, 0.29) is 5.54 Å².